The van der Waals surface area contributed by atoms with E-state index in [2.05, 4.69) is 0 Å². The van der Waals surface area contributed by atoms with Crippen LogP contribution < -0.4 is 10.5 Å². The molecule has 1 fully saturated rings. The molecular formula is C33H38ClNO18. The summed E-state index contributed by atoms with van der Waals surface area (Å²) in [6.07, 6.45) is -7.41. The number of phenols is 2. The van der Waals surface area contributed by atoms with Crippen LogP contribution in [-0.2, 0) is 35.1 Å². The second kappa shape index (κ2) is 16.1. The van der Waals surface area contributed by atoms with Gasteiger partial charge >= 0.3 is 17.9 Å². The molecule has 3 aliphatic rings. The molecule has 2 aliphatic carbocycles. The van der Waals surface area contributed by atoms with Gasteiger partial charge in [0.2, 0.25) is 5.78 Å². The van der Waals surface area contributed by atoms with Crippen molar-refractivity contribution in [3.05, 3.63) is 51.6 Å². The third kappa shape index (κ3) is 8.11. The average molecular weight is 772 g/mol. The van der Waals surface area contributed by atoms with Crippen molar-refractivity contribution < 1.29 is 88.9 Å². The summed E-state index contributed by atoms with van der Waals surface area (Å²) in [6.45, 7) is 0.560. The molecule has 11 N–H and O–H groups in total. The molecule has 0 saturated carbocycles. The normalized spacial score (nSPS) is 24.6. The van der Waals surface area contributed by atoms with Gasteiger partial charge in [0, 0.05) is 42.0 Å². The molecule has 1 heterocycles. The van der Waals surface area contributed by atoms with E-state index >= 15 is 0 Å². The van der Waals surface area contributed by atoms with Gasteiger partial charge < -0.3 is 65.9 Å². The zero-order valence-corrected chi connectivity index (χ0v) is 28.9. The number of ether oxygens (including phenoxy) is 3. The van der Waals surface area contributed by atoms with Crippen molar-refractivity contribution in [3.8, 4) is 17.2 Å². The van der Waals surface area contributed by atoms with Crippen LogP contribution in [0.3, 0.4) is 0 Å². The van der Waals surface area contributed by atoms with Crippen LogP contribution in [0, 0.1) is 0 Å². The van der Waals surface area contributed by atoms with Crippen molar-refractivity contribution in [2.45, 2.75) is 80.9 Å². The van der Waals surface area contributed by atoms with Crippen LogP contribution in [0.15, 0.2) is 18.2 Å². The number of ketones is 3. The van der Waals surface area contributed by atoms with Crippen LogP contribution in [-0.4, -0.2) is 131 Å². The van der Waals surface area contributed by atoms with Gasteiger partial charge in [-0.05, 0) is 13.0 Å². The number of nitrogens with two attached hydrogens (primary N) is 1. The Morgan fingerprint density at radius 3 is 2.09 bits per heavy atom. The number of benzene rings is 2. The number of hydrogen-bond acceptors (Lipinski definition) is 16. The van der Waals surface area contributed by atoms with Gasteiger partial charge in [-0.2, -0.15) is 0 Å². The van der Waals surface area contributed by atoms with Crippen LogP contribution in [0.5, 0.6) is 17.2 Å². The summed E-state index contributed by atoms with van der Waals surface area (Å²) >= 11 is 0. The lowest BCUT2D eigenvalue weighted by Gasteiger charge is -2.42. The van der Waals surface area contributed by atoms with Crippen LogP contribution in [0.4, 0.5) is 0 Å². The van der Waals surface area contributed by atoms with E-state index in [1.54, 1.807) is 6.92 Å². The Hall–Kier alpha value is -4.73. The van der Waals surface area contributed by atoms with E-state index in [-0.39, 0.29) is 46.8 Å². The summed E-state index contributed by atoms with van der Waals surface area (Å²) in [4.78, 5) is 70.2. The minimum absolute atomic E-state index is 0. The SMILES string of the molecule is COc1cccc2c1C(=O)c1c(O)c3c(c(O)c1C2=O)C[C@@](O)(C(=O)CO)C[C@@H]3O[C@H]1C[C@H](N)[C@H](O)[C@H](C)O1.Cl.O=C(O)CC(O)(CC(=O)O)C(=O)O. The number of aliphatic hydroxyl groups is 4. The Labute approximate surface area is 305 Å². The minimum atomic E-state index is -2.74. The van der Waals surface area contributed by atoms with Crippen LogP contribution >= 0.6 is 12.4 Å². The van der Waals surface area contributed by atoms with Crippen molar-refractivity contribution in [2.24, 2.45) is 5.73 Å². The third-order valence-corrected chi connectivity index (χ3v) is 9.09. The fraction of sp³-hybridized carbons (Fsp3) is 0.455. The number of aliphatic carboxylic acids is 3. The van der Waals surface area contributed by atoms with Gasteiger partial charge in [0.05, 0.1) is 55.0 Å². The number of carboxylic acids is 3. The molecule has 5 rings (SSSR count). The number of phenolic OH excluding ortho intramolecular Hbond substituents is 2. The maximum atomic E-state index is 13.6. The fourth-order valence-corrected chi connectivity index (χ4v) is 6.46. The highest BCUT2D eigenvalue weighted by atomic mass is 35.5. The van der Waals surface area contributed by atoms with E-state index in [1.807, 2.05) is 0 Å². The summed E-state index contributed by atoms with van der Waals surface area (Å²) in [5.74, 6) is -8.79. The number of carbonyl (C=O) groups excluding carboxylic acids is 3. The van der Waals surface area contributed by atoms with Gasteiger partial charge in [0.15, 0.2) is 23.5 Å². The average Bonchev–Trinajstić information content (AvgIpc) is 3.06. The number of carboxylic acid groups (broad SMARTS) is 3. The molecule has 6 atom stereocenters. The van der Waals surface area contributed by atoms with Crippen molar-refractivity contribution in [2.75, 3.05) is 13.7 Å². The zero-order chi connectivity index (χ0) is 39.0. The Bertz CT molecular complexity index is 1800. The number of carbonyl (C=O) groups is 6. The van der Waals surface area contributed by atoms with E-state index in [9.17, 15) is 54.3 Å². The Morgan fingerprint density at radius 2 is 1.58 bits per heavy atom. The molecule has 2 aromatic carbocycles. The molecule has 0 bridgehead atoms. The Balaban J connectivity index is 0.000000464. The Kier molecular flexibility index (Phi) is 13.0. The number of hydrogen-bond donors (Lipinski definition) is 10. The molecule has 290 valence electrons. The molecule has 0 radical (unpaired) electrons. The molecule has 0 aromatic heterocycles. The van der Waals surface area contributed by atoms with Gasteiger partial charge in [-0.15, -0.1) is 12.4 Å². The molecule has 1 saturated heterocycles. The molecular weight excluding hydrogens is 734 g/mol. The van der Waals surface area contributed by atoms with E-state index < -0.39 is 132 Å². The van der Waals surface area contributed by atoms with E-state index in [0.29, 0.717) is 0 Å². The topological polar surface area (TPSA) is 338 Å². The molecule has 1 aliphatic heterocycles. The zero-order valence-electron chi connectivity index (χ0n) is 28.0. The largest absolute Gasteiger partial charge is 0.507 e. The second-order valence-electron chi connectivity index (χ2n) is 12.6. The third-order valence-electron chi connectivity index (χ3n) is 9.09. The number of aliphatic hydroxyl groups excluding tert-OH is 2. The summed E-state index contributed by atoms with van der Waals surface area (Å²) < 4.78 is 17.0. The maximum absolute atomic E-state index is 13.6. The fourth-order valence-electron chi connectivity index (χ4n) is 6.46. The first-order chi connectivity index (χ1) is 24.2. The monoisotopic (exact) mass is 771 g/mol. The Morgan fingerprint density at radius 1 is 1.00 bits per heavy atom. The number of Topliss-reactive ketones (excluding diaryl/α,β-unsaturated/α-hetero) is 1. The smallest absolute Gasteiger partial charge is 0.336 e. The van der Waals surface area contributed by atoms with Gasteiger partial charge in [-0.1, -0.05) is 12.1 Å². The molecule has 19 nitrogen and oxygen atoms in total. The lowest BCUT2D eigenvalue weighted by atomic mass is 9.72. The van der Waals surface area contributed by atoms with Crippen LogP contribution in [0.1, 0.15) is 81.7 Å². The highest BCUT2D eigenvalue weighted by Crippen LogP contribution is 2.52. The summed E-state index contributed by atoms with van der Waals surface area (Å²) in [5, 5.41) is 87.5. The van der Waals surface area contributed by atoms with Crippen molar-refractivity contribution in [3.63, 3.8) is 0 Å². The maximum Gasteiger partial charge on any atom is 0.336 e. The van der Waals surface area contributed by atoms with Crippen molar-refractivity contribution >= 4 is 47.7 Å². The first-order valence-electron chi connectivity index (χ1n) is 15.6. The standard InChI is InChI=1S/C27H29NO11.C6H8O7.ClH/c1-10-22(31)13(28)6-17(38-10)39-15-8-27(36,16(30)9-29)7-12-19(15)26(35)21-20(24(12)33)23(32)11-4-3-5-14(37-2)18(11)25(21)34;7-3(8)1-6(13,5(11)12)2-4(9)10;/h3-5,10,13,15,17,22,29,31,33,35-36H,6-9,28H2,1-2H3;13H,1-2H2,(H,7,8)(H,9,10)(H,11,12);1H/t10-,13-,15-,17-,22+,27-;;/m0../s1. The number of fused-ring (bicyclic) bond motifs is 3. The molecule has 0 amide bonds. The number of aromatic hydroxyl groups is 2. The van der Waals surface area contributed by atoms with Crippen LogP contribution in [0.25, 0.3) is 0 Å². The van der Waals surface area contributed by atoms with E-state index in [0.717, 1.165) is 0 Å². The van der Waals surface area contributed by atoms with Gasteiger partial charge in [0.1, 0.15) is 29.5 Å². The van der Waals surface area contributed by atoms with E-state index in [4.69, 9.17) is 40.4 Å². The van der Waals surface area contributed by atoms with E-state index in [1.165, 1.54) is 25.3 Å². The first-order valence-corrected chi connectivity index (χ1v) is 15.6. The first kappa shape index (κ1) is 42.7. The van der Waals surface area contributed by atoms with Crippen molar-refractivity contribution in [1.29, 1.82) is 0 Å². The van der Waals surface area contributed by atoms with Gasteiger partial charge in [-0.3, -0.25) is 24.0 Å². The molecule has 2 aromatic rings. The lowest BCUT2D eigenvalue weighted by Crippen LogP contribution is -2.53. The summed E-state index contributed by atoms with van der Waals surface area (Å²) in [6, 6.07) is 3.64. The van der Waals surface area contributed by atoms with Crippen molar-refractivity contribution in [1.82, 2.24) is 0 Å². The van der Waals surface area contributed by atoms with Crippen LogP contribution in [0.2, 0.25) is 0 Å². The summed E-state index contributed by atoms with van der Waals surface area (Å²) in [5.41, 5.74) is -0.365. The molecule has 53 heavy (non-hydrogen) atoms. The predicted octanol–water partition coefficient (Wildman–Crippen LogP) is -0.825. The second-order valence-corrected chi connectivity index (χ2v) is 12.6. The lowest BCUT2D eigenvalue weighted by molar-refractivity contribution is -0.247. The van der Waals surface area contributed by atoms with Gasteiger partial charge in [-0.25, -0.2) is 4.79 Å². The number of rotatable bonds is 10. The molecule has 0 spiro atoms. The summed E-state index contributed by atoms with van der Waals surface area (Å²) in [7, 11) is 1.32. The highest BCUT2D eigenvalue weighted by molar-refractivity contribution is 6.31. The highest BCUT2D eigenvalue weighted by Gasteiger charge is 2.50. The number of methoxy groups -OCH3 is 1. The van der Waals surface area contributed by atoms with Gasteiger partial charge in [0.25, 0.3) is 0 Å². The quantitative estimate of drug-likeness (QED) is 0.112. The minimum Gasteiger partial charge on any atom is -0.507 e. The molecule has 20 heteroatoms. The predicted molar refractivity (Wildman–Crippen MR) is 176 cm³/mol. The molecule has 0 unspecified atom stereocenters. The number of halogens is 1.